The van der Waals surface area contributed by atoms with Crippen LogP contribution in [0.25, 0.3) is 0 Å². The normalized spacial score (nSPS) is 12.0. The zero-order valence-corrected chi connectivity index (χ0v) is 16.0. The summed E-state index contributed by atoms with van der Waals surface area (Å²) in [5, 5.41) is 8.96. The SMILES string of the molecule is CC.CC.CCNCCCCC(NC)C(=O)NC(C)C(C)=O. The summed E-state index contributed by atoms with van der Waals surface area (Å²) < 4.78 is 0. The van der Waals surface area contributed by atoms with Crippen molar-refractivity contribution in [3.05, 3.63) is 0 Å². The average Bonchev–Trinajstić information content (AvgIpc) is 2.54. The van der Waals surface area contributed by atoms with Gasteiger partial charge in [-0.1, -0.05) is 41.0 Å². The van der Waals surface area contributed by atoms with Crippen LogP contribution >= 0.6 is 0 Å². The third-order valence-electron chi connectivity index (χ3n) is 2.98. The van der Waals surface area contributed by atoms with Gasteiger partial charge in [0.25, 0.3) is 0 Å². The van der Waals surface area contributed by atoms with Crippen molar-refractivity contribution in [1.82, 2.24) is 16.0 Å². The maximum absolute atomic E-state index is 11.9. The van der Waals surface area contributed by atoms with Gasteiger partial charge in [0.2, 0.25) is 5.91 Å². The Hall–Kier alpha value is -0.940. The number of hydrogen-bond donors (Lipinski definition) is 3. The maximum atomic E-state index is 11.9. The predicted molar refractivity (Wildman–Crippen MR) is 96.2 cm³/mol. The number of nitrogens with one attached hydrogen (secondary N) is 3. The summed E-state index contributed by atoms with van der Waals surface area (Å²) in [6.07, 6.45) is 2.83. The molecule has 5 heteroatoms. The molecule has 3 N–H and O–H groups in total. The van der Waals surface area contributed by atoms with E-state index in [-0.39, 0.29) is 17.7 Å². The Morgan fingerprint density at radius 2 is 1.59 bits per heavy atom. The highest BCUT2D eigenvalue weighted by Gasteiger charge is 2.19. The molecule has 0 aromatic heterocycles. The minimum Gasteiger partial charge on any atom is -0.345 e. The molecular weight excluding hydrogens is 278 g/mol. The minimum atomic E-state index is -0.407. The summed E-state index contributed by atoms with van der Waals surface area (Å²) in [6.45, 7) is 15.2. The number of ketones is 1. The molecule has 5 nitrogen and oxygen atoms in total. The molecule has 0 bridgehead atoms. The van der Waals surface area contributed by atoms with Gasteiger partial charge in [0, 0.05) is 0 Å². The molecule has 0 saturated heterocycles. The number of carbonyl (C=O) groups is 2. The predicted octanol–water partition coefficient (Wildman–Crippen LogP) is 2.50. The van der Waals surface area contributed by atoms with Gasteiger partial charge in [-0.2, -0.15) is 0 Å². The summed E-state index contributed by atoms with van der Waals surface area (Å²) in [6, 6.07) is -0.622. The zero-order chi connectivity index (χ0) is 18.0. The topological polar surface area (TPSA) is 70.2 Å². The fourth-order valence-corrected chi connectivity index (χ4v) is 1.60. The highest BCUT2D eigenvalue weighted by atomic mass is 16.2. The Balaban J connectivity index is -0.000000826. The number of carbonyl (C=O) groups excluding carboxylic acids is 2. The fourth-order valence-electron chi connectivity index (χ4n) is 1.60. The van der Waals surface area contributed by atoms with E-state index in [1.54, 1.807) is 14.0 Å². The summed E-state index contributed by atoms with van der Waals surface area (Å²) >= 11 is 0. The lowest BCUT2D eigenvalue weighted by molar-refractivity contribution is -0.127. The van der Waals surface area contributed by atoms with Crippen LogP contribution in [0, 0.1) is 0 Å². The maximum Gasteiger partial charge on any atom is 0.237 e. The van der Waals surface area contributed by atoms with E-state index in [2.05, 4.69) is 22.9 Å². The van der Waals surface area contributed by atoms with Crippen LogP contribution in [-0.4, -0.2) is 43.9 Å². The number of rotatable bonds is 10. The third kappa shape index (κ3) is 15.4. The molecule has 2 unspecified atom stereocenters. The standard InChI is InChI=1S/C13H27N3O2.2C2H6/c1-5-15-9-7-6-8-12(14-4)13(18)16-10(2)11(3)17;2*1-2/h10,12,14-15H,5-9H2,1-4H3,(H,16,18);2*1-2H3. The van der Waals surface area contributed by atoms with E-state index in [1.807, 2.05) is 27.7 Å². The van der Waals surface area contributed by atoms with E-state index in [9.17, 15) is 9.59 Å². The van der Waals surface area contributed by atoms with Gasteiger partial charge in [0.05, 0.1) is 12.1 Å². The second-order valence-corrected chi connectivity index (χ2v) is 4.53. The lowest BCUT2D eigenvalue weighted by atomic mass is 10.1. The number of unbranched alkanes of at least 4 members (excludes halogenated alkanes) is 1. The number of likely N-dealkylation sites (N-methyl/N-ethyl adjacent to an activating group) is 1. The van der Waals surface area contributed by atoms with Crippen molar-refractivity contribution >= 4 is 11.7 Å². The van der Waals surface area contributed by atoms with Gasteiger partial charge in [-0.15, -0.1) is 0 Å². The molecule has 0 spiro atoms. The summed E-state index contributed by atoms with van der Waals surface area (Å²) in [5.74, 6) is -0.117. The van der Waals surface area contributed by atoms with E-state index in [0.717, 1.165) is 32.4 Å². The van der Waals surface area contributed by atoms with Crippen LogP contribution in [-0.2, 0) is 9.59 Å². The molecule has 0 aliphatic carbocycles. The zero-order valence-electron chi connectivity index (χ0n) is 16.0. The second-order valence-electron chi connectivity index (χ2n) is 4.53. The average molecular weight is 318 g/mol. The number of amides is 1. The van der Waals surface area contributed by atoms with Crippen molar-refractivity contribution in [3.63, 3.8) is 0 Å². The van der Waals surface area contributed by atoms with Gasteiger partial charge in [0.1, 0.15) is 0 Å². The summed E-state index contributed by atoms with van der Waals surface area (Å²) in [7, 11) is 1.77. The van der Waals surface area contributed by atoms with Gasteiger partial charge in [-0.3, -0.25) is 9.59 Å². The van der Waals surface area contributed by atoms with Crippen molar-refractivity contribution in [2.45, 2.75) is 79.8 Å². The van der Waals surface area contributed by atoms with Crippen LogP contribution in [0.1, 0.15) is 67.7 Å². The molecule has 134 valence electrons. The van der Waals surface area contributed by atoms with Crippen molar-refractivity contribution in [2.75, 3.05) is 20.1 Å². The Labute approximate surface area is 138 Å². The first-order chi connectivity index (χ1) is 10.5. The number of Topliss-reactive ketones (excluding diaryl/α,β-unsaturated/α-hetero) is 1. The van der Waals surface area contributed by atoms with Crippen molar-refractivity contribution in [2.24, 2.45) is 0 Å². The first-order valence-corrected chi connectivity index (χ1v) is 8.71. The van der Waals surface area contributed by atoms with E-state index in [4.69, 9.17) is 0 Å². The molecule has 22 heavy (non-hydrogen) atoms. The van der Waals surface area contributed by atoms with Crippen LogP contribution in [0.3, 0.4) is 0 Å². The molecule has 0 heterocycles. The summed E-state index contributed by atoms with van der Waals surface area (Å²) in [5.41, 5.74) is 0. The highest BCUT2D eigenvalue weighted by Crippen LogP contribution is 2.01. The van der Waals surface area contributed by atoms with Crippen molar-refractivity contribution < 1.29 is 9.59 Å². The quantitative estimate of drug-likeness (QED) is 0.541. The molecule has 2 atom stereocenters. The molecule has 0 radical (unpaired) electrons. The van der Waals surface area contributed by atoms with Crippen LogP contribution in [0.5, 0.6) is 0 Å². The van der Waals surface area contributed by atoms with Crippen LogP contribution in [0.4, 0.5) is 0 Å². The van der Waals surface area contributed by atoms with E-state index in [1.165, 1.54) is 6.92 Å². The molecule has 0 rings (SSSR count). The Morgan fingerprint density at radius 1 is 1.05 bits per heavy atom. The van der Waals surface area contributed by atoms with E-state index < -0.39 is 6.04 Å². The van der Waals surface area contributed by atoms with Gasteiger partial charge in [-0.25, -0.2) is 0 Å². The van der Waals surface area contributed by atoms with Crippen LogP contribution < -0.4 is 16.0 Å². The second kappa shape index (κ2) is 20.1. The van der Waals surface area contributed by atoms with Gasteiger partial charge in [-0.05, 0) is 46.8 Å². The molecule has 0 aromatic carbocycles. The van der Waals surface area contributed by atoms with Crippen LogP contribution in [0.15, 0.2) is 0 Å². The lowest BCUT2D eigenvalue weighted by Gasteiger charge is -2.18. The van der Waals surface area contributed by atoms with E-state index >= 15 is 0 Å². The first kappa shape index (κ1) is 26.0. The highest BCUT2D eigenvalue weighted by molar-refractivity contribution is 5.89. The molecule has 0 fully saturated rings. The summed E-state index contributed by atoms with van der Waals surface area (Å²) in [4.78, 5) is 22.9. The molecule has 0 saturated carbocycles. The molecular formula is C17H39N3O2. The molecule has 0 aliphatic heterocycles. The van der Waals surface area contributed by atoms with E-state index in [0.29, 0.717) is 0 Å². The monoisotopic (exact) mass is 317 g/mol. The van der Waals surface area contributed by atoms with Crippen molar-refractivity contribution in [3.8, 4) is 0 Å². The lowest BCUT2D eigenvalue weighted by Crippen LogP contribution is -2.47. The van der Waals surface area contributed by atoms with Gasteiger partial charge >= 0.3 is 0 Å². The van der Waals surface area contributed by atoms with Gasteiger partial charge < -0.3 is 16.0 Å². The number of hydrogen-bond acceptors (Lipinski definition) is 4. The Morgan fingerprint density at radius 3 is 2.00 bits per heavy atom. The largest absolute Gasteiger partial charge is 0.345 e. The smallest absolute Gasteiger partial charge is 0.237 e. The Bertz CT molecular complexity index is 258. The first-order valence-electron chi connectivity index (χ1n) is 8.71. The minimum absolute atomic E-state index is 0.0228. The third-order valence-corrected chi connectivity index (χ3v) is 2.98. The fraction of sp³-hybridized carbons (Fsp3) is 0.882. The van der Waals surface area contributed by atoms with Crippen LogP contribution in [0.2, 0.25) is 0 Å². The van der Waals surface area contributed by atoms with Gasteiger partial charge in [0.15, 0.2) is 5.78 Å². The van der Waals surface area contributed by atoms with Crippen molar-refractivity contribution in [1.29, 1.82) is 0 Å². The molecule has 0 aliphatic rings. The Kier molecular flexibility index (Phi) is 23.7. The molecule has 1 amide bonds. The molecule has 0 aromatic rings.